The van der Waals surface area contributed by atoms with E-state index in [1.807, 2.05) is 44.2 Å². The van der Waals surface area contributed by atoms with Crippen LogP contribution in [0, 0.1) is 11.8 Å². The molecule has 1 saturated heterocycles. The normalized spacial score (nSPS) is 15.5. The molecule has 6 heteroatoms. The number of piperidine rings is 1. The smallest absolute Gasteiger partial charge is 0.409 e. The molecule has 0 spiro atoms. The van der Waals surface area contributed by atoms with Gasteiger partial charge in [0.05, 0.1) is 12.6 Å². The molecule has 1 aliphatic rings. The van der Waals surface area contributed by atoms with Crippen LogP contribution in [0.15, 0.2) is 54.6 Å². The Kier molecular flexibility index (Phi) is 8.35. The molecule has 0 aromatic heterocycles. The lowest BCUT2D eigenvalue weighted by molar-refractivity contribution is 0.0768. The fourth-order valence-electron chi connectivity index (χ4n) is 3.82. The molecule has 1 heterocycles. The van der Waals surface area contributed by atoms with Gasteiger partial charge in [-0.25, -0.2) is 4.79 Å². The van der Waals surface area contributed by atoms with Gasteiger partial charge in [-0.05, 0) is 60.9 Å². The van der Waals surface area contributed by atoms with Crippen molar-refractivity contribution in [3.8, 4) is 0 Å². The largest absolute Gasteiger partial charge is 0.449 e. The number of amides is 2. The highest BCUT2D eigenvalue weighted by Crippen LogP contribution is 2.29. The number of benzene rings is 2. The number of hydrogen-bond acceptors (Lipinski definition) is 3. The first-order valence-electron chi connectivity index (χ1n) is 11.0. The van der Waals surface area contributed by atoms with E-state index in [-0.39, 0.29) is 18.0 Å². The summed E-state index contributed by atoms with van der Waals surface area (Å²) in [6, 6.07) is 16.9. The van der Waals surface area contributed by atoms with Crippen molar-refractivity contribution in [1.29, 1.82) is 0 Å². The van der Waals surface area contributed by atoms with Crippen molar-refractivity contribution in [1.82, 2.24) is 10.2 Å². The zero-order chi connectivity index (χ0) is 22.2. The van der Waals surface area contributed by atoms with Gasteiger partial charge in [0.15, 0.2) is 0 Å². The summed E-state index contributed by atoms with van der Waals surface area (Å²) in [5, 5.41) is 3.80. The Morgan fingerprint density at radius 1 is 1.06 bits per heavy atom. The summed E-state index contributed by atoms with van der Waals surface area (Å²) in [5.74, 6) is 0.641. The van der Waals surface area contributed by atoms with Crippen LogP contribution in [0.2, 0.25) is 5.02 Å². The van der Waals surface area contributed by atoms with E-state index >= 15 is 0 Å². The van der Waals surface area contributed by atoms with Gasteiger partial charge in [-0.15, -0.1) is 0 Å². The molecule has 1 atom stereocenters. The van der Waals surface area contributed by atoms with Gasteiger partial charge in [0.1, 0.15) is 0 Å². The van der Waals surface area contributed by atoms with Crippen LogP contribution in [0.5, 0.6) is 0 Å². The highest BCUT2D eigenvalue weighted by Gasteiger charge is 2.27. The van der Waals surface area contributed by atoms with Crippen molar-refractivity contribution in [3.63, 3.8) is 0 Å². The number of nitrogens with one attached hydrogen (secondary N) is 1. The van der Waals surface area contributed by atoms with E-state index in [9.17, 15) is 9.59 Å². The van der Waals surface area contributed by atoms with Crippen molar-refractivity contribution in [3.05, 3.63) is 70.7 Å². The maximum atomic E-state index is 12.8. The average molecular weight is 443 g/mol. The molecular formula is C25H31ClN2O3. The van der Waals surface area contributed by atoms with Crippen LogP contribution in [0.4, 0.5) is 4.79 Å². The topological polar surface area (TPSA) is 58.6 Å². The zero-order valence-corrected chi connectivity index (χ0v) is 19.0. The summed E-state index contributed by atoms with van der Waals surface area (Å²) >= 11 is 5.95. The van der Waals surface area contributed by atoms with E-state index in [1.165, 1.54) is 0 Å². The Hall–Kier alpha value is -2.53. The second-order valence-electron chi connectivity index (χ2n) is 8.58. The minimum atomic E-state index is -0.220. The summed E-state index contributed by atoms with van der Waals surface area (Å²) in [5.41, 5.74) is 1.68. The third-order valence-corrected chi connectivity index (χ3v) is 5.85. The molecule has 166 valence electrons. The molecule has 0 bridgehead atoms. The van der Waals surface area contributed by atoms with E-state index in [1.54, 1.807) is 29.2 Å². The second-order valence-corrected chi connectivity index (χ2v) is 9.02. The first-order valence-corrected chi connectivity index (χ1v) is 11.3. The Morgan fingerprint density at radius 2 is 1.71 bits per heavy atom. The minimum Gasteiger partial charge on any atom is -0.449 e. The maximum absolute atomic E-state index is 12.8. The van der Waals surface area contributed by atoms with Crippen molar-refractivity contribution in [2.75, 3.05) is 19.7 Å². The predicted octanol–water partition coefficient (Wildman–Crippen LogP) is 5.71. The van der Waals surface area contributed by atoms with Gasteiger partial charge in [-0.2, -0.15) is 0 Å². The molecule has 1 fully saturated rings. The van der Waals surface area contributed by atoms with Crippen LogP contribution >= 0.6 is 11.6 Å². The van der Waals surface area contributed by atoms with Gasteiger partial charge >= 0.3 is 6.09 Å². The molecule has 2 aromatic carbocycles. The number of rotatable bonds is 7. The quantitative estimate of drug-likeness (QED) is 0.597. The number of nitrogens with zero attached hydrogens (tertiary/aromatic N) is 1. The maximum Gasteiger partial charge on any atom is 0.409 e. The van der Waals surface area contributed by atoms with Crippen molar-refractivity contribution in [2.24, 2.45) is 11.8 Å². The summed E-state index contributed by atoms with van der Waals surface area (Å²) in [4.78, 5) is 26.8. The van der Waals surface area contributed by atoms with Crippen LogP contribution < -0.4 is 5.32 Å². The molecule has 5 nitrogen and oxygen atoms in total. The second kappa shape index (κ2) is 11.2. The van der Waals surface area contributed by atoms with Gasteiger partial charge in [0.25, 0.3) is 5.91 Å². The van der Waals surface area contributed by atoms with Gasteiger partial charge in [-0.3, -0.25) is 4.79 Å². The molecule has 2 aromatic rings. The van der Waals surface area contributed by atoms with Gasteiger partial charge in [0, 0.05) is 23.7 Å². The number of halogens is 1. The predicted molar refractivity (Wildman–Crippen MR) is 123 cm³/mol. The zero-order valence-electron chi connectivity index (χ0n) is 18.2. The molecule has 0 radical (unpaired) electrons. The van der Waals surface area contributed by atoms with Crippen molar-refractivity contribution < 1.29 is 14.3 Å². The van der Waals surface area contributed by atoms with E-state index in [0.29, 0.717) is 42.1 Å². The third-order valence-electron chi connectivity index (χ3n) is 5.60. The molecular weight excluding hydrogens is 412 g/mol. The van der Waals surface area contributed by atoms with Crippen molar-refractivity contribution >= 4 is 23.6 Å². The Bertz CT molecular complexity index is 847. The number of ether oxygens (including phenoxy) is 1. The summed E-state index contributed by atoms with van der Waals surface area (Å²) in [7, 11) is 0. The average Bonchev–Trinajstić information content (AvgIpc) is 2.78. The Labute approximate surface area is 189 Å². The summed E-state index contributed by atoms with van der Waals surface area (Å²) in [6.07, 6.45) is 2.41. The highest BCUT2D eigenvalue weighted by molar-refractivity contribution is 6.30. The number of carbonyl (C=O) groups excluding carboxylic acids is 2. The number of carbonyl (C=O) groups is 2. The third kappa shape index (κ3) is 7.00. The first kappa shape index (κ1) is 23.1. The molecule has 31 heavy (non-hydrogen) atoms. The van der Waals surface area contributed by atoms with Crippen LogP contribution in [0.25, 0.3) is 0 Å². The van der Waals surface area contributed by atoms with E-state index < -0.39 is 0 Å². The van der Waals surface area contributed by atoms with Gasteiger partial charge in [0.2, 0.25) is 0 Å². The highest BCUT2D eigenvalue weighted by atomic mass is 35.5. The van der Waals surface area contributed by atoms with Gasteiger partial charge in [-0.1, -0.05) is 55.8 Å². The molecule has 1 N–H and O–H groups in total. The minimum absolute atomic E-state index is 0.0891. The first-order chi connectivity index (χ1) is 14.9. The Balaban J connectivity index is 1.60. The summed E-state index contributed by atoms with van der Waals surface area (Å²) in [6.45, 7) is 5.89. The van der Waals surface area contributed by atoms with Gasteiger partial charge < -0.3 is 15.0 Å². The lowest BCUT2D eigenvalue weighted by atomic mass is 9.87. The van der Waals surface area contributed by atoms with Crippen LogP contribution in [-0.4, -0.2) is 36.6 Å². The monoisotopic (exact) mass is 442 g/mol. The number of likely N-dealkylation sites (tertiary alicyclic amines) is 1. The molecule has 2 amide bonds. The molecule has 1 aliphatic heterocycles. The number of hydrogen-bond donors (Lipinski definition) is 1. The van der Waals surface area contributed by atoms with Crippen molar-refractivity contribution in [2.45, 2.75) is 39.2 Å². The fourth-order valence-corrected chi connectivity index (χ4v) is 3.95. The van der Waals surface area contributed by atoms with E-state index in [4.69, 9.17) is 16.3 Å². The van der Waals surface area contributed by atoms with Crippen LogP contribution in [-0.2, 0) is 4.74 Å². The molecule has 3 rings (SSSR count). The SMILES string of the molecule is CC(C)COC(=O)N1CCC(CC(NC(=O)c2ccc(Cl)cc2)c2ccccc2)CC1. The van der Waals surface area contributed by atoms with Crippen LogP contribution in [0.3, 0.4) is 0 Å². The lowest BCUT2D eigenvalue weighted by Gasteiger charge is -2.33. The van der Waals surface area contributed by atoms with E-state index in [2.05, 4.69) is 5.32 Å². The van der Waals surface area contributed by atoms with E-state index in [0.717, 1.165) is 24.8 Å². The van der Waals surface area contributed by atoms with Crippen LogP contribution in [0.1, 0.15) is 55.1 Å². The molecule has 0 aliphatic carbocycles. The standard InChI is InChI=1S/C25H31ClN2O3/c1-18(2)17-31-25(30)28-14-12-19(13-15-28)16-23(20-6-4-3-5-7-20)27-24(29)21-8-10-22(26)11-9-21/h3-11,18-19,23H,12-17H2,1-2H3,(H,27,29). The summed E-state index contributed by atoms with van der Waals surface area (Å²) < 4.78 is 5.36. The Morgan fingerprint density at radius 3 is 2.32 bits per heavy atom. The lowest BCUT2D eigenvalue weighted by Crippen LogP contribution is -2.40. The fraction of sp³-hybridized carbons (Fsp3) is 0.440. The molecule has 0 saturated carbocycles. The molecule has 1 unspecified atom stereocenters.